The van der Waals surface area contributed by atoms with Gasteiger partial charge in [0, 0.05) is 25.4 Å². The minimum atomic E-state index is 0.678. The van der Waals surface area contributed by atoms with Gasteiger partial charge in [-0.05, 0) is 31.8 Å². The summed E-state index contributed by atoms with van der Waals surface area (Å²) in [6.07, 6.45) is 6.05. The molecule has 4 rings (SSSR count). The highest BCUT2D eigenvalue weighted by Crippen LogP contribution is 2.21. The molecule has 3 aromatic rings. The molecule has 0 aliphatic carbocycles. The topological polar surface area (TPSA) is 64.7 Å². The molecule has 0 atom stereocenters. The van der Waals surface area contributed by atoms with Gasteiger partial charge in [0.15, 0.2) is 5.82 Å². The number of benzene rings is 1. The maximum atomic E-state index is 4.41. The first-order valence-corrected chi connectivity index (χ1v) is 8.80. The predicted octanol–water partition coefficient (Wildman–Crippen LogP) is 1.99. The zero-order valence-corrected chi connectivity index (χ0v) is 14.5. The molecule has 25 heavy (non-hydrogen) atoms. The normalized spacial score (nSPS) is 16.4. The van der Waals surface area contributed by atoms with Crippen molar-refractivity contribution >= 4 is 0 Å². The van der Waals surface area contributed by atoms with Gasteiger partial charge in [0.1, 0.15) is 5.82 Å². The summed E-state index contributed by atoms with van der Waals surface area (Å²) in [4.78, 5) is 2.47. The Morgan fingerprint density at radius 1 is 1.08 bits per heavy atom. The molecule has 0 saturated carbocycles. The van der Waals surface area contributed by atoms with Crippen LogP contribution in [-0.4, -0.2) is 47.7 Å². The van der Waals surface area contributed by atoms with Crippen LogP contribution in [0.3, 0.4) is 0 Å². The summed E-state index contributed by atoms with van der Waals surface area (Å²) in [5.74, 6) is 2.63. The summed E-state index contributed by atoms with van der Waals surface area (Å²) in [7, 11) is 2.05. The fourth-order valence-corrected chi connectivity index (χ4v) is 3.46. The molecule has 3 heterocycles. The molecule has 1 fully saturated rings. The summed E-state index contributed by atoms with van der Waals surface area (Å²) in [6, 6.07) is 10.2. The lowest BCUT2D eigenvalue weighted by molar-refractivity contribution is 0.160. The van der Waals surface area contributed by atoms with Crippen molar-refractivity contribution in [3.63, 3.8) is 0 Å². The van der Waals surface area contributed by atoms with Crippen LogP contribution in [0.1, 0.15) is 18.7 Å². The first-order valence-electron chi connectivity index (χ1n) is 8.80. The summed E-state index contributed by atoms with van der Waals surface area (Å²) in [5.41, 5.74) is 1.11. The standard InChI is InChI=1S/C18H23N7/c1-23-17(20-21-18(23)16-5-3-2-4-6-16)14-24-10-7-15(8-11-24)13-25-12-9-19-22-25/h2-6,9,12,15H,7-8,10-11,13-14H2,1H3. The number of hydrogen-bond donors (Lipinski definition) is 0. The van der Waals surface area contributed by atoms with Crippen molar-refractivity contribution in [2.24, 2.45) is 13.0 Å². The molecule has 1 saturated heterocycles. The van der Waals surface area contributed by atoms with Gasteiger partial charge in [0.2, 0.25) is 0 Å². The number of aromatic nitrogens is 6. The van der Waals surface area contributed by atoms with E-state index in [9.17, 15) is 0 Å². The highest BCUT2D eigenvalue weighted by atomic mass is 15.4. The monoisotopic (exact) mass is 337 g/mol. The van der Waals surface area contributed by atoms with Gasteiger partial charge in [-0.25, -0.2) is 0 Å². The third-order valence-electron chi connectivity index (χ3n) is 4.99. The van der Waals surface area contributed by atoms with Crippen LogP contribution in [0.2, 0.25) is 0 Å². The lowest BCUT2D eigenvalue weighted by Gasteiger charge is -2.31. The highest BCUT2D eigenvalue weighted by molar-refractivity contribution is 5.54. The molecule has 0 unspecified atom stereocenters. The van der Waals surface area contributed by atoms with Crippen LogP contribution in [0.5, 0.6) is 0 Å². The Kier molecular flexibility index (Phi) is 4.56. The van der Waals surface area contributed by atoms with Crippen LogP contribution in [0.15, 0.2) is 42.7 Å². The van der Waals surface area contributed by atoms with Crippen molar-refractivity contribution in [2.75, 3.05) is 13.1 Å². The number of piperidine rings is 1. The molecule has 0 spiro atoms. The zero-order valence-electron chi connectivity index (χ0n) is 14.5. The largest absolute Gasteiger partial charge is 0.313 e. The van der Waals surface area contributed by atoms with E-state index in [1.54, 1.807) is 6.20 Å². The number of likely N-dealkylation sites (tertiary alicyclic amines) is 1. The first-order chi connectivity index (χ1) is 12.3. The number of rotatable bonds is 5. The van der Waals surface area contributed by atoms with Gasteiger partial charge in [-0.3, -0.25) is 9.58 Å². The van der Waals surface area contributed by atoms with E-state index in [1.807, 2.05) is 29.1 Å². The molecule has 0 radical (unpaired) electrons. The third-order valence-corrected chi connectivity index (χ3v) is 4.99. The zero-order chi connectivity index (χ0) is 17.1. The van der Waals surface area contributed by atoms with Gasteiger partial charge >= 0.3 is 0 Å². The van der Waals surface area contributed by atoms with Crippen molar-refractivity contribution in [1.29, 1.82) is 0 Å². The molecule has 1 aromatic carbocycles. The summed E-state index contributed by atoms with van der Waals surface area (Å²) in [5, 5.41) is 16.8. The minimum Gasteiger partial charge on any atom is -0.313 e. The fraction of sp³-hybridized carbons (Fsp3) is 0.444. The van der Waals surface area contributed by atoms with E-state index in [4.69, 9.17) is 0 Å². The number of nitrogens with zero attached hydrogens (tertiary/aromatic N) is 7. The van der Waals surface area contributed by atoms with E-state index in [-0.39, 0.29) is 0 Å². The molecule has 0 N–H and O–H groups in total. The lowest BCUT2D eigenvalue weighted by Crippen LogP contribution is -2.35. The van der Waals surface area contributed by atoms with E-state index in [0.29, 0.717) is 5.92 Å². The summed E-state index contributed by atoms with van der Waals surface area (Å²) >= 11 is 0. The van der Waals surface area contributed by atoms with Gasteiger partial charge < -0.3 is 4.57 Å². The maximum absolute atomic E-state index is 4.41. The van der Waals surface area contributed by atoms with Crippen molar-refractivity contribution < 1.29 is 0 Å². The lowest BCUT2D eigenvalue weighted by atomic mass is 9.97. The molecule has 7 heteroatoms. The Morgan fingerprint density at radius 3 is 2.60 bits per heavy atom. The van der Waals surface area contributed by atoms with Crippen LogP contribution in [-0.2, 0) is 20.1 Å². The molecular weight excluding hydrogens is 314 g/mol. The first kappa shape index (κ1) is 16.0. The van der Waals surface area contributed by atoms with Gasteiger partial charge in [-0.15, -0.1) is 15.3 Å². The molecule has 1 aliphatic heterocycles. The Morgan fingerprint density at radius 2 is 1.88 bits per heavy atom. The van der Waals surface area contributed by atoms with E-state index in [0.717, 1.165) is 43.4 Å². The SMILES string of the molecule is Cn1c(CN2CCC(Cn3ccnn3)CC2)nnc1-c1ccccc1. The molecule has 1 aliphatic rings. The maximum Gasteiger partial charge on any atom is 0.163 e. The molecular formula is C18H23N7. The van der Waals surface area contributed by atoms with Crippen LogP contribution in [0, 0.1) is 5.92 Å². The summed E-state index contributed by atoms with van der Waals surface area (Å²) < 4.78 is 4.05. The van der Waals surface area contributed by atoms with E-state index in [2.05, 4.69) is 49.2 Å². The van der Waals surface area contributed by atoms with Crippen LogP contribution >= 0.6 is 0 Å². The third kappa shape index (κ3) is 3.61. The van der Waals surface area contributed by atoms with E-state index in [1.165, 1.54) is 12.8 Å². The fourth-order valence-electron chi connectivity index (χ4n) is 3.46. The average Bonchev–Trinajstić information content (AvgIpc) is 3.28. The second kappa shape index (κ2) is 7.14. The molecule has 0 amide bonds. The molecule has 7 nitrogen and oxygen atoms in total. The highest BCUT2D eigenvalue weighted by Gasteiger charge is 2.21. The van der Waals surface area contributed by atoms with Crippen LogP contribution in [0.25, 0.3) is 11.4 Å². The van der Waals surface area contributed by atoms with E-state index < -0.39 is 0 Å². The molecule has 0 bridgehead atoms. The minimum absolute atomic E-state index is 0.678. The van der Waals surface area contributed by atoms with Crippen LogP contribution < -0.4 is 0 Å². The summed E-state index contributed by atoms with van der Waals surface area (Å²) in [6.45, 7) is 4.00. The molecule has 2 aromatic heterocycles. The quantitative estimate of drug-likeness (QED) is 0.712. The average molecular weight is 337 g/mol. The van der Waals surface area contributed by atoms with Crippen molar-refractivity contribution in [3.8, 4) is 11.4 Å². The van der Waals surface area contributed by atoms with Crippen molar-refractivity contribution in [2.45, 2.75) is 25.9 Å². The second-order valence-corrected chi connectivity index (χ2v) is 6.71. The predicted molar refractivity (Wildman–Crippen MR) is 94.5 cm³/mol. The number of hydrogen-bond acceptors (Lipinski definition) is 5. The Balaban J connectivity index is 1.35. The Bertz CT molecular complexity index is 786. The van der Waals surface area contributed by atoms with Crippen LogP contribution in [0.4, 0.5) is 0 Å². The van der Waals surface area contributed by atoms with E-state index >= 15 is 0 Å². The second-order valence-electron chi connectivity index (χ2n) is 6.71. The van der Waals surface area contributed by atoms with Gasteiger partial charge in [0.05, 0.1) is 12.7 Å². The van der Waals surface area contributed by atoms with Gasteiger partial charge in [-0.2, -0.15) is 0 Å². The molecule has 130 valence electrons. The Hall–Kier alpha value is -2.54. The Labute approximate surface area is 147 Å². The smallest absolute Gasteiger partial charge is 0.163 e. The van der Waals surface area contributed by atoms with Gasteiger partial charge in [-0.1, -0.05) is 35.5 Å². The van der Waals surface area contributed by atoms with Crippen molar-refractivity contribution in [3.05, 3.63) is 48.5 Å². The van der Waals surface area contributed by atoms with Crippen molar-refractivity contribution in [1.82, 2.24) is 34.7 Å². The van der Waals surface area contributed by atoms with Gasteiger partial charge in [0.25, 0.3) is 0 Å².